The average molecular weight is 409 g/mol. The molecule has 0 atom stereocenters. The molecule has 0 aromatic carbocycles. The molecule has 0 aliphatic rings. The van der Waals surface area contributed by atoms with Crippen LogP contribution in [0.2, 0.25) is 6.04 Å². The van der Waals surface area contributed by atoms with Gasteiger partial charge in [-0.15, -0.1) is 0 Å². The molecule has 0 unspecified atom stereocenters. The maximum absolute atomic E-state index is 6.28. The Morgan fingerprint density at radius 2 is 1.04 bits per heavy atom. The Labute approximate surface area is 168 Å². The lowest BCUT2D eigenvalue weighted by Crippen LogP contribution is -2.52. The number of hydrogen-bond donors (Lipinski definition) is 0. The lowest BCUT2D eigenvalue weighted by molar-refractivity contribution is -0.387. The molecule has 27 heavy (non-hydrogen) atoms. The monoisotopic (exact) mass is 408 g/mol. The molecule has 0 aromatic heterocycles. The Hall–Kier alpha value is -0.0231. The van der Waals surface area contributed by atoms with Crippen molar-refractivity contribution in [3.8, 4) is 0 Å². The summed E-state index contributed by atoms with van der Waals surface area (Å²) in [6, 6.07) is 0.807. The number of rotatable bonds is 20. The van der Waals surface area contributed by atoms with Gasteiger partial charge in [-0.1, -0.05) is 39.0 Å². The molecule has 0 radical (unpaired) electrons. The molecule has 0 spiro atoms. The third kappa shape index (κ3) is 11.5. The Kier molecular flexibility index (Phi) is 16.9. The quantitative estimate of drug-likeness (QED) is 0.158. The van der Waals surface area contributed by atoms with E-state index in [1.165, 1.54) is 32.1 Å². The highest BCUT2D eigenvalue weighted by Gasteiger charge is 2.44. The van der Waals surface area contributed by atoms with Crippen molar-refractivity contribution in [1.29, 1.82) is 0 Å². The van der Waals surface area contributed by atoms with Crippen molar-refractivity contribution in [3.63, 3.8) is 0 Å². The fourth-order valence-electron chi connectivity index (χ4n) is 3.01. The number of hydrogen-bond acceptors (Lipinski definition) is 6. The van der Waals surface area contributed by atoms with Gasteiger partial charge < -0.3 is 27.5 Å². The summed E-state index contributed by atoms with van der Waals surface area (Å²) in [7, 11) is -2.80. The molecular formula is C20H44O6Si. The minimum atomic E-state index is -2.80. The molecule has 0 saturated heterocycles. The van der Waals surface area contributed by atoms with Gasteiger partial charge in [-0.3, -0.25) is 0 Å². The second-order valence-corrected chi connectivity index (χ2v) is 9.07. The van der Waals surface area contributed by atoms with Crippen molar-refractivity contribution in [3.05, 3.63) is 0 Å². The summed E-state index contributed by atoms with van der Waals surface area (Å²) in [5, 5.41) is 0. The predicted octanol–water partition coefficient (Wildman–Crippen LogP) is 5.14. The molecule has 0 bridgehead atoms. The number of ether oxygens (including phenoxy) is 3. The van der Waals surface area contributed by atoms with Crippen LogP contribution >= 0.6 is 0 Å². The van der Waals surface area contributed by atoms with Crippen LogP contribution in [0.15, 0.2) is 0 Å². The minimum absolute atomic E-state index is 0.143. The topological polar surface area (TPSA) is 55.4 Å². The lowest BCUT2D eigenvalue weighted by Gasteiger charge is -2.36. The van der Waals surface area contributed by atoms with Crippen LogP contribution in [-0.4, -0.2) is 54.4 Å². The van der Waals surface area contributed by atoms with Gasteiger partial charge in [0.1, 0.15) is 6.61 Å². The predicted molar refractivity (Wildman–Crippen MR) is 111 cm³/mol. The van der Waals surface area contributed by atoms with Crippen molar-refractivity contribution in [2.75, 3.05) is 39.6 Å². The van der Waals surface area contributed by atoms with Crippen LogP contribution in [-0.2, 0) is 27.5 Å². The largest absolute Gasteiger partial charge is 0.501 e. The van der Waals surface area contributed by atoms with Crippen LogP contribution in [0, 0.1) is 0 Å². The standard InChI is InChI=1S/C20H44O6Si/c1-7-13-14-15-16-17-18-27(24-11-5,25-12-6)26-19-20(21-8-2,22-9-3)23-10-4/h7-19H2,1-6H3. The zero-order valence-electron chi connectivity index (χ0n) is 18.6. The summed E-state index contributed by atoms with van der Waals surface area (Å²) < 4.78 is 35.7. The number of unbranched alkanes of at least 4 members (excludes halogenated alkanes) is 5. The first-order valence-corrected chi connectivity index (χ1v) is 12.8. The summed E-state index contributed by atoms with van der Waals surface area (Å²) >= 11 is 0. The molecular weight excluding hydrogens is 364 g/mol. The third-order valence-electron chi connectivity index (χ3n) is 4.13. The fraction of sp³-hybridized carbons (Fsp3) is 1.00. The Bertz CT molecular complexity index is 307. The van der Waals surface area contributed by atoms with Gasteiger partial charge in [0.05, 0.1) is 0 Å². The van der Waals surface area contributed by atoms with E-state index in [2.05, 4.69) is 6.92 Å². The Morgan fingerprint density at radius 3 is 1.48 bits per heavy atom. The average Bonchev–Trinajstić information content (AvgIpc) is 2.64. The van der Waals surface area contributed by atoms with Gasteiger partial charge in [0.15, 0.2) is 0 Å². The van der Waals surface area contributed by atoms with Gasteiger partial charge >= 0.3 is 14.8 Å². The van der Waals surface area contributed by atoms with E-state index in [-0.39, 0.29) is 6.61 Å². The smallest absolute Gasteiger partial charge is 0.374 e. The molecule has 0 aliphatic carbocycles. The van der Waals surface area contributed by atoms with Gasteiger partial charge in [0.25, 0.3) is 0 Å². The van der Waals surface area contributed by atoms with Crippen molar-refractivity contribution in [2.24, 2.45) is 0 Å². The summed E-state index contributed by atoms with van der Waals surface area (Å²) in [6.45, 7) is 14.6. The van der Waals surface area contributed by atoms with E-state index in [0.29, 0.717) is 33.0 Å². The molecule has 0 amide bonds. The Morgan fingerprint density at radius 1 is 0.556 bits per heavy atom. The molecule has 6 nitrogen and oxygen atoms in total. The molecule has 0 saturated carbocycles. The molecule has 0 aliphatic heterocycles. The van der Waals surface area contributed by atoms with Crippen LogP contribution < -0.4 is 0 Å². The van der Waals surface area contributed by atoms with Crippen LogP contribution in [0.5, 0.6) is 0 Å². The van der Waals surface area contributed by atoms with Crippen molar-refractivity contribution in [2.45, 2.75) is 92.1 Å². The van der Waals surface area contributed by atoms with Crippen LogP contribution in [0.25, 0.3) is 0 Å². The normalized spacial score (nSPS) is 12.7. The highest BCUT2D eigenvalue weighted by Crippen LogP contribution is 2.25. The van der Waals surface area contributed by atoms with Crippen LogP contribution in [0.1, 0.15) is 80.1 Å². The Balaban J connectivity index is 4.96. The van der Waals surface area contributed by atoms with E-state index in [1.54, 1.807) is 0 Å². The highest BCUT2D eigenvalue weighted by molar-refractivity contribution is 6.60. The van der Waals surface area contributed by atoms with E-state index in [4.69, 9.17) is 27.5 Å². The van der Waals surface area contributed by atoms with Gasteiger partial charge in [-0.05, 0) is 41.0 Å². The van der Waals surface area contributed by atoms with E-state index in [9.17, 15) is 0 Å². The summed E-state index contributed by atoms with van der Waals surface area (Å²) in [6.07, 6.45) is 7.31. The second kappa shape index (κ2) is 16.9. The molecule has 164 valence electrons. The zero-order valence-corrected chi connectivity index (χ0v) is 19.6. The molecule has 7 heteroatoms. The first kappa shape index (κ1) is 27.0. The van der Waals surface area contributed by atoms with E-state index in [1.807, 2.05) is 34.6 Å². The maximum atomic E-state index is 6.28. The first-order valence-electron chi connectivity index (χ1n) is 10.9. The fourth-order valence-corrected chi connectivity index (χ4v) is 5.65. The third-order valence-corrected chi connectivity index (χ3v) is 7.13. The van der Waals surface area contributed by atoms with Gasteiger partial charge in [-0.25, -0.2) is 0 Å². The summed E-state index contributed by atoms with van der Waals surface area (Å²) in [4.78, 5) is 0. The van der Waals surface area contributed by atoms with E-state index in [0.717, 1.165) is 12.5 Å². The van der Waals surface area contributed by atoms with Gasteiger partial charge in [0.2, 0.25) is 0 Å². The van der Waals surface area contributed by atoms with Crippen molar-refractivity contribution >= 4 is 8.80 Å². The SMILES string of the molecule is CCCCCCCC[Si](OCC)(OCC)OCC(OCC)(OCC)OCC. The molecule has 0 heterocycles. The second-order valence-electron chi connectivity index (χ2n) is 6.34. The maximum Gasteiger partial charge on any atom is 0.501 e. The lowest BCUT2D eigenvalue weighted by atomic mass is 10.1. The molecule has 0 rings (SSSR count). The van der Waals surface area contributed by atoms with E-state index >= 15 is 0 Å². The van der Waals surface area contributed by atoms with Gasteiger partial charge in [-0.2, -0.15) is 0 Å². The van der Waals surface area contributed by atoms with Crippen molar-refractivity contribution < 1.29 is 27.5 Å². The van der Waals surface area contributed by atoms with Crippen LogP contribution in [0.4, 0.5) is 0 Å². The summed E-state index contributed by atoms with van der Waals surface area (Å²) in [5.41, 5.74) is 0. The molecule has 0 N–H and O–H groups in total. The van der Waals surface area contributed by atoms with Gasteiger partial charge in [0, 0.05) is 39.1 Å². The van der Waals surface area contributed by atoms with E-state index < -0.39 is 14.8 Å². The first-order chi connectivity index (χ1) is 13.1. The van der Waals surface area contributed by atoms with Crippen molar-refractivity contribution in [1.82, 2.24) is 0 Å². The van der Waals surface area contributed by atoms with Crippen LogP contribution in [0.3, 0.4) is 0 Å². The highest BCUT2D eigenvalue weighted by atomic mass is 28.4. The molecule has 0 fully saturated rings. The molecule has 0 aromatic rings. The summed E-state index contributed by atoms with van der Waals surface area (Å²) in [5.74, 6) is -1.20. The minimum Gasteiger partial charge on any atom is -0.374 e. The zero-order chi connectivity index (χ0) is 20.4.